The second-order valence-electron chi connectivity index (χ2n) is 6.47. The van der Waals surface area contributed by atoms with Crippen molar-refractivity contribution < 1.29 is 0 Å². The van der Waals surface area contributed by atoms with Crippen LogP contribution in [0.15, 0.2) is 24.3 Å². The Morgan fingerprint density at radius 2 is 2.00 bits per heavy atom. The highest BCUT2D eigenvalue weighted by Crippen LogP contribution is 2.34. The van der Waals surface area contributed by atoms with E-state index < -0.39 is 0 Å². The molecule has 2 aliphatic rings. The minimum atomic E-state index is 0.720. The number of anilines is 1. The molecular weight excluding hydrogens is 244 g/mol. The van der Waals surface area contributed by atoms with Crippen molar-refractivity contribution in [3.05, 3.63) is 29.8 Å². The van der Waals surface area contributed by atoms with Gasteiger partial charge in [-0.2, -0.15) is 0 Å². The van der Waals surface area contributed by atoms with Crippen molar-refractivity contribution in [2.75, 3.05) is 24.5 Å². The summed E-state index contributed by atoms with van der Waals surface area (Å²) in [6.45, 7) is 5.84. The van der Waals surface area contributed by atoms with Gasteiger partial charge >= 0.3 is 0 Å². The highest BCUT2D eigenvalue weighted by molar-refractivity contribution is 5.48. The third kappa shape index (κ3) is 3.54. The topological polar surface area (TPSA) is 15.3 Å². The minimum Gasteiger partial charge on any atom is -0.370 e. The molecule has 0 aromatic heterocycles. The molecule has 0 spiro atoms. The number of benzene rings is 1. The van der Waals surface area contributed by atoms with Gasteiger partial charge in [-0.05, 0) is 62.3 Å². The van der Waals surface area contributed by atoms with Gasteiger partial charge in [-0.25, -0.2) is 0 Å². The molecule has 1 saturated carbocycles. The number of hydrogen-bond donors (Lipinski definition) is 1. The molecule has 20 heavy (non-hydrogen) atoms. The van der Waals surface area contributed by atoms with Crippen molar-refractivity contribution in [2.24, 2.45) is 5.92 Å². The van der Waals surface area contributed by atoms with Gasteiger partial charge in [0.15, 0.2) is 0 Å². The van der Waals surface area contributed by atoms with Gasteiger partial charge in [-0.3, -0.25) is 0 Å². The summed E-state index contributed by atoms with van der Waals surface area (Å²) in [4.78, 5) is 2.59. The number of aryl methyl sites for hydroxylation is 1. The van der Waals surface area contributed by atoms with E-state index >= 15 is 0 Å². The molecular formula is C18H28N2. The summed E-state index contributed by atoms with van der Waals surface area (Å²) in [6, 6.07) is 10.0. The zero-order valence-corrected chi connectivity index (χ0v) is 12.8. The Bertz CT molecular complexity index is 408. The van der Waals surface area contributed by atoms with Gasteiger partial charge in [-0.15, -0.1) is 0 Å². The largest absolute Gasteiger partial charge is 0.370 e. The average Bonchev–Trinajstić information content (AvgIpc) is 3.31. The maximum atomic E-state index is 3.74. The molecule has 2 fully saturated rings. The van der Waals surface area contributed by atoms with E-state index in [9.17, 15) is 0 Å². The summed E-state index contributed by atoms with van der Waals surface area (Å²) in [5.74, 6) is 0.944. The van der Waals surface area contributed by atoms with Crippen molar-refractivity contribution >= 4 is 5.69 Å². The van der Waals surface area contributed by atoms with Crippen molar-refractivity contribution in [3.63, 3.8) is 0 Å². The van der Waals surface area contributed by atoms with Crippen LogP contribution in [-0.4, -0.2) is 25.7 Å². The molecule has 1 N–H and O–H groups in total. The van der Waals surface area contributed by atoms with Crippen LogP contribution in [0.2, 0.25) is 0 Å². The molecule has 3 rings (SSSR count). The van der Waals surface area contributed by atoms with Crippen molar-refractivity contribution in [3.8, 4) is 0 Å². The first-order chi connectivity index (χ1) is 9.86. The van der Waals surface area contributed by atoms with E-state index in [1.54, 1.807) is 0 Å². The van der Waals surface area contributed by atoms with Gasteiger partial charge in [-0.1, -0.05) is 25.5 Å². The SMILES string of the molecule is CCCCc1ccc(N2CCCNC(C3CC3)C2)cc1. The lowest BCUT2D eigenvalue weighted by Crippen LogP contribution is -2.39. The monoisotopic (exact) mass is 272 g/mol. The summed E-state index contributed by atoms with van der Waals surface area (Å²) >= 11 is 0. The van der Waals surface area contributed by atoms with Crippen LogP contribution in [0.1, 0.15) is 44.6 Å². The van der Waals surface area contributed by atoms with Gasteiger partial charge in [0.25, 0.3) is 0 Å². The number of nitrogens with zero attached hydrogens (tertiary/aromatic N) is 1. The van der Waals surface area contributed by atoms with Crippen LogP contribution < -0.4 is 10.2 Å². The van der Waals surface area contributed by atoms with Gasteiger partial charge in [0, 0.05) is 24.8 Å². The van der Waals surface area contributed by atoms with Crippen LogP contribution in [0.25, 0.3) is 0 Å². The zero-order chi connectivity index (χ0) is 13.8. The molecule has 110 valence electrons. The van der Waals surface area contributed by atoms with E-state index in [0.717, 1.165) is 12.0 Å². The van der Waals surface area contributed by atoms with Gasteiger partial charge in [0.2, 0.25) is 0 Å². The molecule has 0 bridgehead atoms. The molecule has 1 aromatic carbocycles. The summed E-state index contributed by atoms with van der Waals surface area (Å²) < 4.78 is 0. The first kappa shape index (κ1) is 13.9. The fraction of sp³-hybridized carbons (Fsp3) is 0.667. The van der Waals surface area contributed by atoms with E-state index in [-0.39, 0.29) is 0 Å². The van der Waals surface area contributed by atoms with Crippen molar-refractivity contribution in [1.82, 2.24) is 5.32 Å². The minimum absolute atomic E-state index is 0.720. The van der Waals surface area contributed by atoms with Crippen LogP contribution in [0.5, 0.6) is 0 Å². The second-order valence-corrected chi connectivity index (χ2v) is 6.47. The number of hydrogen-bond acceptors (Lipinski definition) is 2. The Hall–Kier alpha value is -1.02. The molecule has 2 nitrogen and oxygen atoms in total. The van der Waals surface area contributed by atoms with E-state index in [1.165, 1.54) is 69.4 Å². The Morgan fingerprint density at radius 3 is 2.70 bits per heavy atom. The predicted molar refractivity (Wildman–Crippen MR) is 86.4 cm³/mol. The molecule has 1 aromatic rings. The van der Waals surface area contributed by atoms with E-state index in [2.05, 4.69) is 41.4 Å². The van der Waals surface area contributed by atoms with E-state index in [1.807, 2.05) is 0 Å². The lowest BCUT2D eigenvalue weighted by Gasteiger charge is -2.26. The van der Waals surface area contributed by atoms with Gasteiger partial charge in [0.05, 0.1) is 0 Å². The van der Waals surface area contributed by atoms with Gasteiger partial charge < -0.3 is 10.2 Å². The third-order valence-electron chi connectivity index (χ3n) is 4.74. The quantitative estimate of drug-likeness (QED) is 0.881. The number of nitrogens with one attached hydrogen (secondary N) is 1. The fourth-order valence-corrected chi connectivity index (χ4v) is 3.25. The van der Waals surface area contributed by atoms with Crippen LogP contribution in [0, 0.1) is 5.92 Å². The second kappa shape index (κ2) is 6.62. The molecule has 1 aliphatic carbocycles. The first-order valence-electron chi connectivity index (χ1n) is 8.44. The Balaban J connectivity index is 1.64. The molecule has 1 unspecified atom stereocenters. The van der Waals surface area contributed by atoms with Crippen LogP contribution >= 0.6 is 0 Å². The average molecular weight is 272 g/mol. The van der Waals surface area contributed by atoms with Gasteiger partial charge in [0.1, 0.15) is 0 Å². The summed E-state index contributed by atoms with van der Waals surface area (Å²) in [5, 5.41) is 3.74. The highest BCUT2D eigenvalue weighted by atomic mass is 15.2. The lowest BCUT2D eigenvalue weighted by molar-refractivity contribution is 0.490. The molecule has 0 radical (unpaired) electrons. The Kier molecular flexibility index (Phi) is 4.62. The first-order valence-corrected chi connectivity index (χ1v) is 8.44. The lowest BCUT2D eigenvalue weighted by atomic mass is 10.1. The molecule has 1 aliphatic heterocycles. The summed E-state index contributed by atoms with van der Waals surface area (Å²) in [5.41, 5.74) is 2.90. The maximum Gasteiger partial charge on any atom is 0.0366 e. The van der Waals surface area contributed by atoms with Crippen LogP contribution in [0.3, 0.4) is 0 Å². The predicted octanol–water partition coefficient (Wildman–Crippen LogP) is 3.61. The third-order valence-corrected chi connectivity index (χ3v) is 4.74. The summed E-state index contributed by atoms with van der Waals surface area (Å²) in [6.07, 6.45) is 7.94. The Labute approximate surface area is 123 Å². The maximum absolute atomic E-state index is 3.74. The highest BCUT2D eigenvalue weighted by Gasteiger charge is 2.33. The molecule has 2 heteroatoms. The smallest absolute Gasteiger partial charge is 0.0366 e. The van der Waals surface area contributed by atoms with Crippen LogP contribution in [0.4, 0.5) is 5.69 Å². The van der Waals surface area contributed by atoms with E-state index in [0.29, 0.717) is 0 Å². The standard InChI is InChI=1S/C18H28N2/c1-2-3-5-15-6-10-17(11-7-15)20-13-4-12-19-18(14-20)16-8-9-16/h6-7,10-11,16,18-19H,2-5,8-9,12-14H2,1H3. The van der Waals surface area contributed by atoms with Crippen LogP contribution in [-0.2, 0) is 6.42 Å². The zero-order valence-electron chi connectivity index (χ0n) is 12.8. The molecule has 0 amide bonds. The fourth-order valence-electron chi connectivity index (χ4n) is 3.25. The van der Waals surface area contributed by atoms with Crippen molar-refractivity contribution in [1.29, 1.82) is 0 Å². The molecule has 1 saturated heterocycles. The number of unbranched alkanes of at least 4 members (excludes halogenated alkanes) is 1. The Morgan fingerprint density at radius 1 is 1.20 bits per heavy atom. The molecule has 1 heterocycles. The van der Waals surface area contributed by atoms with E-state index in [4.69, 9.17) is 0 Å². The normalized spacial score (nSPS) is 23.6. The van der Waals surface area contributed by atoms with Crippen molar-refractivity contribution in [2.45, 2.75) is 51.5 Å². The summed E-state index contributed by atoms with van der Waals surface area (Å²) in [7, 11) is 0. The number of rotatable bonds is 5. The molecule has 1 atom stereocenters.